The maximum atomic E-state index is 13.3. The highest BCUT2D eigenvalue weighted by atomic mass is 79.9. The molecule has 2 aromatic carbocycles. The molecule has 3 nitrogen and oxygen atoms in total. The molecule has 1 fully saturated rings. The molecule has 0 aliphatic heterocycles. The molecule has 0 atom stereocenters. The number of ether oxygens (including phenoxy) is 2. The molecular weight excluding hydrogens is 496 g/mol. The first-order valence-corrected chi connectivity index (χ1v) is 11.2. The lowest BCUT2D eigenvalue weighted by molar-refractivity contribution is -0.113. The third kappa shape index (κ3) is 5.20. The fourth-order valence-electron chi connectivity index (χ4n) is 3.61. The van der Waals surface area contributed by atoms with Crippen LogP contribution in [0.2, 0.25) is 0 Å². The smallest absolute Gasteiger partial charge is 0.185 e. The fourth-order valence-corrected chi connectivity index (χ4v) is 4.29. The minimum absolute atomic E-state index is 0.102. The van der Waals surface area contributed by atoms with E-state index in [4.69, 9.17) is 9.47 Å². The van der Waals surface area contributed by atoms with Crippen molar-refractivity contribution in [3.8, 4) is 11.5 Å². The van der Waals surface area contributed by atoms with E-state index in [0.717, 1.165) is 62.0 Å². The number of methoxy groups -OCH3 is 2. The Bertz CT molecular complexity index is 901. The number of benzene rings is 2. The summed E-state index contributed by atoms with van der Waals surface area (Å²) in [6, 6.07) is 11.7. The second-order valence-electron chi connectivity index (χ2n) is 7.12. The van der Waals surface area contributed by atoms with Gasteiger partial charge in [-0.05, 0) is 55.2 Å². The average molecular weight is 520 g/mol. The molecule has 2 aromatic rings. The van der Waals surface area contributed by atoms with Gasteiger partial charge >= 0.3 is 0 Å². The van der Waals surface area contributed by atoms with Crippen LogP contribution in [0.3, 0.4) is 0 Å². The summed E-state index contributed by atoms with van der Waals surface area (Å²) in [7, 11) is 3.29. The number of ketones is 1. The second kappa shape index (κ2) is 9.77. The van der Waals surface area contributed by atoms with Crippen LogP contribution in [0.25, 0.3) is 12.2 Å². The summed E-state index contributed by atoms with van der Waals surface area (Å²) < 4.78 is 12.9. The molecule has 0 radical (unpaired) electrons. The standard InChI is InChI=1S/C24H24Br2O3/c1-4-15-9-18(11-16-5-7-20(25)13-22(16)28-2)24(27)19(10-15)12-17-6-8-21(26)14-23(17)29-3/h5-8,11-15H,4,9-10H2,1-3H3/b18-11+,19-12+. The molecule has 5 heteroatoms. The van der Waals surface area contributed by atoms with Gasteiger partial charge in [-0.2, -0.15) is 0 Å². The lowest BCUT2D eigenvalue weighted by atomic mass is 9.78. The Hall–Kier alpha value is -1.85. The summed E-state index contributed by atoms with van der Waals surface area (Å²) in [6.07, 6.45) is 6.54. The van der Waals surface area contributed by atoms with E-state index >= 15 is 0 Å². The fraction of sp³-hybridized carbons (Fsp3) is 0.292. The number of hydrogen-bond acceptors (Lipinski definition) is 3. The normalized spacial score (nSPS) is 19.6. The number of carbonyl (C=O) groups excluding carboxylic acids is 1. The second-order valence-corrected chi connectivity index (χ2v) is 8.95. The molecule has 0 saturated heterocycles. The van der Waals surface area contributed by atoms with Crippen molar-refractivity contribution in [2.45, 2.75) is 26.2 Å². The largest absolute Gasteiger partial charge is 0.496 e. The van der Waals surface area contributed by atoms with Crippen LogP contribution in [-0.2, 0) is 4.79 Å². The Morgan fingerprint density at radius 1 is 0.897 bits per heavy atom. The van der Waals surface area contributed by atoms with Gasteiger partial charge in [0.25, 0.3) is 0 Å². The van der Waals surface area contributed by atoms with E-state index in [-0.39, 0.29) is 5.78 Å². The van der Waals surface area contributed by atoms with Crippen molar-refractivity contribution in [1.82, 2.24) is 0 Å². The summed E-state index contributed by atoms with van der Waals surface area (Å²) in [4.78, 5) is 13.3. The number of Topliss-reactive ketones (excluding diaryl/α,β-unsaturated/α-hetero) is 1. The number of rotatable bonds is 5. The predicted octanol–water partition coefficient (Wildman–Crippen LogP) is 7.08. The maximum Gasteiger partial charge on any atom is 0.185 e. The van der Waals surface area contributed by atoms with Crippen molar-refractivity contribution in [2.24, 2.45) is 5.92 Å². The molecular formula is C24H24Br2O3. The van der Waals surface area contributed by atoms with Gasteiger partial charge in [-0.1, -0.05) is 57.3 Å². The average Bonchev–Trinajstić information content (AvgIpc) is 2.72. The van der Waals surface area contributed by atoms with Crippen LogP contribution < -0.4 is 9.47 Å². The Morgan fingerprint density at radius 2 is 1.34 bits per heavy atom. The lowest BCUT2D eigenvalue weighted by Crippen LogP contribution is -2.19. The molecule has 1 aliphatic carbocycles. The van der Waals surface area contributed by atoms with Crippen LogP contribution in [-0.4, -0.2) is 20.0 Å². The first-order chi connectivity index (χ1) is 13.9. The number of carbonyl (C=O) groups is 1. The van der Waals surface area contributed by atoms with Crippen molar-refractivity contribution < 1.29 is 14.3 Å². The summed E-state index contributed by atoms with van der Waals surface area (Å²) in [5.74, 6) is 2.04. The first-order valence-electron chi connectivity index (χ1n) is 9.58. The molecule has 0 unspecified atom stereocenters. The van der Waals surface area contributed by atoms with Gasteiger partial charge in [-0.25, -0.2) is 0 Å². The van der Waals surface area contributed by atoms with Crippen LogP contribution >= 0.6 is 31.9 Å². The topological polar surface area (TPSA) is 35.5 Å². The van der Waals surface area contributed by atoms with Crippen LogP contribution in [0.5, 0.6) is 11.5 Å². The van der Waals surface area contributed by atoms with Crippen LogP contribution in [0.1, 0.15) is 37.3 Å². The van der Waals surface area contributed by atoms with Crippen LogP contribution in [0.4, 0.5) is 0 Å². The van der Waals surface area contributed by atoms with Crippen LogP contribution in [0, 0.1) is 5.92 Å². The van der Waals surface area contributed by atoms with Crippen molar-refractivity contribution >= 4 is 49.8 Å². The van der Waals surface area contributed by atoms with Gasteiger partial charge < -0.3 is 9.47 Å². The SMILES string of the molecule is CCC1C/C(=C\c2ccc(Br)cc2OC)C(=O)/C(=C/c2ccc(Br)cc2OC)C1. The summed E-state index contributed by atoms with van der Waals surface area (Å²) in [5.41, 5.74) is 3.48. The first kappa shape index (κ1) is 21.8. The highest BCUT2D eigenvalue weighted by Gasteiger charge is 2.27. The van der Waals surface area contributed by atoms with Crippen molar-refractivity contribution in [1.29, 1.82) is 0 Å². The Balaban J connectivity index is 2.02. The van der Waals surface area contributed by atoms with Gasteiger partial charge in [-0.15, -0.1) is 0 Å². The molecule has 1 aliphatic rings. The maximum absolute atomic E-state index is 13.3. The molecule has 152 valence electrons. The molecule has 0 bridgehead atoms. The predicted molar refractivity (Wildman–Crippen MR) is 125 cm³/mol. The van der Waals surface area contributed by atoms with E-state index in [9.17, 15) is 4.79 Å². The highest BCUT2D eigenvalue weighted by molar-refractivity contribution is 9.10. The molecule has 0 amide bonds. The summed E-state index contributed by atoms with van der Waals surface area (Å²) in [5, 5.41) is 0. The third-order valence-corrected chi connectivity index (χ3v) is 6.21. The zero-order valence-corrected chi connectivity index (χ0v) is 20.0. The van der Waals surface area contributed by atoms with E-state index in [2.05, 4.69) is 38.8 Å². The number of hydrogen-bond donors (Lipinski definition) is 0. The van der Waals surface area contributed by atoms with Crippen LogP contribution in [0.15, 0.2) is 56.5 Å². The Morgan fingerprint density at radius 3 is 1.72 bits per heavy atom. The Kier molecular flexibility index (Phi) is 7.36. The Labute approximate surface area is 189 Å². The van der Waals surface area contributed by atoms with Gasteiger partial charge in [0.15, 0.2) is 5.78 Å². The van der Waals surface area contributed by atoms with Crippen molar-refractivity contribution in [3.63, 3.8) is 0 Å². The molecule has 0 spiro atoms. The zero-order valence-electron chi connectivity index (χ0n) is 16.8. The molecule has 0 aromatic heterocycles. The quantitative estimate of drug-likeness (QED) is 0.396. The highest BCUT2D eigenvalue weighted by Crippen LogP contribution is 2.36. The minimum atomic E-state index is 0.102. The molecule has 0 N–H and O–H groups in total. The summed E-state index contributed by atoms with van der Waals surface area (Å²) in [6.45, 7) is 2.18. The van der Waals surface area contributed by atoms with Gasteiger partial charge in [0.05, 0.1) is 14.2 Å². The van der Waals surface area contributed by atoms with E-state index in [1.807, 2.05) is 48.6 Å². The van der Waals surface area contributed by atoms with Crippen molar-refractivity contribution in [3.05, 3.63) is 67.6 Å². The monoisotopic (exact) mass is 518 g/mol. The van der Waals surface area contributed by atoms with E-state index in [0.29, 0.717) is 5.92 Å². The van der Waals surface area contributed by atoms with Gasteiger partial charge in [0.1, 0.15) is 11.5 Å². The zero-order chi connectivity index (χ0) is 21.0. The summed E-state index contributed by atoms with van der Waals surface area (Å²) >= 11 is 6.94. The lowest BCUT2D eigenvalue weighted by Gasteiger charge is -2.25. The third-order valence-electron chi connectivity index (χ3n) is 5.23. The van der Waals surface area contributed by atoms with Crippen molar-refractivity contribution in [2.75, 3.05) is 14.2 Å². The number of halogens is 2. The van der Waals surface area contributed by atoms with E-state index < -0.39 is 0 Å². The van der Waals surface area contributed by atoms with Gasteiger partial charge in [-0.3, -0.25) is 4.79 Å². The van der Waals surface area contributed by atoms with Gasteiger partial charge in [0, 0.05) is 31.2 Å². The molecule has 0 heterocycles. The van der Waals surface area contributed by atoms with Gasteiger partial charge in [0.2, 0.25) is 0 Å². The number of allylic oxidation sites excluding steroid dienone is 2. The molecule has 3 rings (SSSR count). The van der Waals surface area contributed by atoms with E-state index in [1.54, 1.807) is 14.2 Å². The van der Waals surface area contributed by atoms with E-state index in [1.165, 1.54) is 0 Å². The minimum Gasteiger partial charge on any atom is -0.496 e. The molecule has 29 heavy (non-hydrogen) atoms. The molecule has 1 saturated carbocycles.